The molecule has 1 unspecified atom stereocenters. The highest BCUT2D eigenvalue weighted by atomic mass is 16.5. The number of methoxy groups -OCH3 is 1. The minimum atomic E-state index is 0.0729. The lowest BCUT2D eigenvalue weighted by Crippen LogP contribution is -2.38. The molecule has 1 saturated heterocycles. The molecule has 1 aliphatic heterocycles. The van der Waals surface area contributed by atoms with Crippen molar-refractivity contribution >= 4 is 11.6 Å². The van der Waals surface area contributed by atoms with Crippen molar-refractivity contribution in [2.45, 2.75) is 38.6 Å². The molecule has 1 aromatic carbocycles. The van der Waals surface area contributed by atoms with Gasteiger partial charge in [-0.05, 0) is 38.0 Å². The smallest absolute Gasteiger partial charge is 0.254 e. The summed E-state index contributed by atoms with van der Waals surface area (Å²) in [7, 11) is 1.57. The maximum atomic E-state index is 12.5. The van der Waals surface area contributed by atoms with E-state index in [2.05, 4.69) is 6.92 Å². The summed E-state index contributed by atoms with van der Waals surface area (Å²) in [5, 5.41) is 0. The van der Waals surface area contributed by atoms with Crippen LogP contribution >= 0.6 is 0 Å². The van der Waals surface area contributed by atoms with E-state index < -0.39 is 0 Å². The summed E-state index contributed by atoms with van der Waals surface area (Å²) in [4.78, 5) is 14.5. The van der Waals surface area contributed by atoms with Gasteiger partial charge in [0, 0.05) is 18.2 Å². The summed E-state index contributed by atoms with van der Waals surface area (Å²) in [6.45, 7) is 2.96. The first-order valence-electron chi connectivity index (χ1n) is 6.88. The van der Waals surface area contributed by atoms with E-state index in [9.17, 15) is 4.79 Å². The molecule has 1 heterocycles. The van der Waals surface area contributed by atoms with Crippen LogP contribution in [0.2, 0.25) is 0 Å². The van der Waals surface area contributed by atoms with Crippen molar-refractivity contribution in [3.8, 4) is 5.75 Å². The van der Waals surface area contributed by atoms with Crippen LogP contribution in [0.25, 0.3) is 0 Å². The highest BCUT2D eigenvalue weighted by molar-refractivity contribution is 5.95. The average Bonchev–Trinajstić information content (AvgIpc) is 2.62. The van der Waals surface area contributed by atoms with Crippen molar-refractivity contribution in [3.05, 3.63) is 23.8 Å². The van der Waals surface area contributed by atoms with Gasteiger partial charge in [-0.3, -0.25) is 4.79 Å². The number of ether oxygens (including phenoxy) is 1. The van der Waals surface area contributed by atoms with Crippen molar-refractivity contribution in [1.29, 1.82) is 0 Å². The fourth-order valence-corrected chi connectivity index (χ4v) is 2.61. The fraction of sp³-hybridized carbons (Fsp3) is 0.533. The third-order valence-electron chi connectivity index (χ3n) is 3.79. The van der Waals surface area contributed by atoms with E-state index >= 15 is 0 Å². The lowest BCUT2D eigenvalue weighted by atomic mass is 10.1. The van der Waals surface area contributed by atoms with Gasteiger partial charge in [0.25, 0.3) is 5.91 Å². The molecule has 0 radical (unpaired) electrons. The highest BCUT2D eigenvalue weighted by Crippen LogP contribution is 2.24. The first-order valence-corrected chi connectivity index (χ1v) is 6.88. The maximum absolute atomic E-state index is 12.5. The van der Waals surface area contributed by atoms with Gasteiger partial charge in [0.2, 0.25) is 0 Å². The zero-order chi connectivity index (χ0) is 13.8. The Morgan fingerprint density at radius 1 is 1.37 bits per heavy atom. The molecule has 0 bridgehead atoms. The van der Waals surface area contributed by atoms with Crippen LogP contribution in [0, 0.1) is 0 Å². The predicted octanol–water partition coefficient (Wildman–Crippen LogP) is 2.68. The number of nitrogen functional groups attached to an aromatic ring is 1. The van der Waals surface area contributed by atoms with Gasteiger partial charge < -0.3 is 15.4 Å². The van der Waals surface area contributed by atoms with Gasteiger partial charge >= 0.3 is 0 Å². The van der Waals surface area contributed by atoms with E-state index in [0.717, 1.165) is 19.4 Å². The Morgan fingerprint density at radius 3 is 2.84 bits per heavy atom. The molecule has 2 rings (SSSR count). The van der Waals surface area contributed by atoms with Crippen LogP contribution in [-0.4, -0.2) is 30.5 Å². The molecule has 0 spiro atoms. The second-order valence-corrected chi connectivity index (χ2v) is 5.15. The van der Waals surface area contributed by atoms with E-state index in [-0.39, 0.29) is 5.91 Å². The van der Waals surface area contributed by atoms with Gasteiger partial charge in [-0.1, -0.05) is 12.8 Å². The van der Waals surface area contributed by atoms with E-state index in [1.54, 1.807) is 25.3 Å². The largest absolute Gasteiger partial charge is 0.495 e. The van der Waals surface area contributed by atoms with Crippen LogP contribution in [0.5, 0.6) is 5.75 Å². The number of nitrogens with zero attached hydrogens (tertiary/aromatic N) is 1. The normalized spacial score (nSPS) is 19.9. The Balaban J connectivity index is 2.20. The van der Waals surface area contributed by atoms with Crippen molar-refractivity contribution in [3.63, 3.8) is 0 Å². The minimum Gasteiger partial charge on any atom is -0.495 e. The van der Waals surface area contributed by atoms with Gasteiger partial charge in [0.05, 0.1) is 12.8 Å². The number of amides is 1. The van der Waals surface area contributed by atoms with Crippen LogP contribution in [0.4, 0.5) is 5.69 Å². The number of benzene rings is 1. The monoisotopic (exact) mass is 262 g/mol. The molecule has 0 aromatic heterocycles. The van der Waals surface area contributed by atoms with Crippen LogP contribution in [-0.2, 0) is 0 Å². The SMILES string of the molecule is COc1ccc(C(=O)N2CCCCCC2C)cc1N. The van der Waals surface area contributed by atoms with Crippen molar-refractivity contribution < 1.29 is 9.53 Å². The lowest BCUT2D eigenvalue weighted by Gasteiger charge is -2.27. The van der Waals surface area contributed by atoms with Gasteiger partial charge in [-0.2, -0.15) is 0 Å². The molecule has 0 saturated carbocycles. The van der Waals surface area contributed by atoms with Crippen LogP contribution in [0.3, 0.4) is 0 Å². The second kappa shape index (κ2) is 5.95. The molecule has 0 aliphatic carbocycles. The van der Waals surface area contributed by atoms with E-state index in [4.69, 9.17) is 10.5 Å². The zero-order valence-electron chi connectivity index (χ0n) is 11.7. The van der Waals surface area contributed by atoms with Crippen LogP contribution < -0.4 is 10.5 Å². The summed E-state index contributed by atoms with van der Waals surface area (Å²) >= 11 is 0. The molecule has 4 nitrogen and oxygen atoms in total. The maximum Gasteiger partial charge on any atom is 0.254 e. The highest BCUT2D eigenvalue weighted by Gasteiger charge is 2.23. The molecule has 1 aromatic rings. The molecule has 104 valence electrons. The lowest BCUT2D eigenvalue weighted by molar-refractivity contribution is 0.0698. The Morgan fingerprint density at radius 2 is 2.16 bits per heavy atom. The molecule has 2 N–H and O–H groups in total. The summed E-state index contributed by atoms with van der Waals surface area (Å²) in [5.74, 6) is 0.684. The molecule has 1 fully saturated rings. The number of carbonyl (C=O) groups is 1. The summed E-state index contributed by atoms with van der Waals surface area (Å²) in [6, 6.07) is 5.55. The molecule has 1 atom stereocenters. The number of carbonyl (C=O) groups excluding carboxylic acids is 1. The van der Waals surface area contributed by atoms with Crippen molar-refractivity contribution in [2.75, 3.05) is 19.4 Å². The Hall–Kier alpha value is -1.71. The number of rotatable bonds is 2. The first-order chi connectivity index (χ1) is 9.13. The number of hydrogen-bond acceptors (Lipinski definition) is 3. The quantitative estimate of drug-likeness (QED) is 0.834. The summed E-state index contributed by atoms with van der Waals surface area (Å²) < 4.78 is 5.12. The third-order valence-corrected chi connectivity index (χ3v) is 3.79. The summed E-state index contributed by atoms with van der Waals surface area (Å²) in [6.07, 6.45) is 4.58. The number of nitrogens with two attached hydrogens (primary N) is 1. The topological polar surface area (TPSA) is 55.6 Å². The van der Waals surface area contributed by atoms with Crippen molar-refractivity contribution in [2.24, 2.45) is 0 Å². The predicted molar refractivity (Wildman–Crippen MR) is 76.4 cm³/mol. The van der Waals surface area contributed by atoms with Gasteiger partial charge in [0.15, 0.2) is 0 Å². The zero-order valence-corrected chi connectivity index (χ0v) is 11.7. The van der Waals surface area contributed by atoms with E-state index in [1.807, 2.05) is 4.90 Å². The number of likely N-dealkylation sites (tertiary alicyclic amines) is 1. The molecule has 19 heavy (non-hydrogen) atoms. The molecule has 1 amide bonds. The van der Waals surface area contributed by atoms with Crippen LogP contribution in [0.15, 0.2) is 18.2 Å². The minimum absolute atomic E-state index is 0.0729. The Labute approximate surface area is 114 Å². The molecular formula is C15H22N2O2. The second-order valence-electron chi connectivity index (χ2n) is 5.15. The number of hydrogen-bond donors (Lipinski definition) is 1. The third kappa shape index (κ3) is 3.00. The number of anilines is 1. The molecule has 4 heteroatoms. The van der Waals surface area contributed by atoms with E-state index in [0.29, 0.717) is 23.0 Å². The summed E-state index contributed by atoms with van der Waals surface area (Å²) in [5.41, 5.74) is 7.02. The van der Waals surface area contributed by atoms with E-state index in [1.165, 1.54) is 12.8 Å². The Bertz CT molecular complexity index is 459. The molecular weight excluding hydrogens is 240 g/mol. The van der Waals surface area contributed by atoms with Gasteiger partial charge in [-0.25, -0.2) is 0 Å². The molecule has 1 aliphatic rings. The standard InChI is InChI=1S/C15H22N2O2/c1-11-6-4-3-5-9-17(11)15(18)12-7-8-14(19-2)13(16)10-12/h7-8,10-11H,3-6,9,16H2,1-2H3. The average molecular weight is 262 g/mol. The van der Waals surface area contributed by atoms with Gasteiger partial charge in [0.1, 0.15) is 5.75 Å². The first kappa shape index (κ1) is 13.7. The Kier molecular flexibility index (Phi) is 4.30. The van der Waals surface area contributed by atoms with Crippen LogP contribution in [0.1, 0.15) is 43.0 Å². The van der Waals surface area contributed by atoms with Gasteiger partial charge in [-0.15, -0.1) is 0 Å². The van der Waals surface area contributed by atoms with Crippen molar-refractivity contribution in [1.82, 2.24) is 4.90 Å². The fourth-order valence-electron chi connectivity index (χ4n) is 2.61.